The van der Waals surface area contributed by atoms with Crippen LogP contribution in [0.1, 0.15) is 5.56 Å². The summed E-state index contributed by atoms with van der Waals surface area (Å²) in [5.41, 5.74) is 7.43. The van der Waals surface area contributed by atoms with E-state index in [1.54, 1.807) is 0 Å². The largest absolute Gasteiger partial charge is 0.368 e. The predicted octanol–water partition coefficient (Wildman–Crippen LogP) is 2.07. The number of nitrogens with two attached hydrogens (primary N) is 1. The average Bonchev–Trinajstić information content (AvgIpc) is 2.27. The number of carbonyl (C=O) groups is 1. The molecule has 0 aromatic heterocycles. The van der Waals surface area contributed by atoms with E-state index in [4.69, 9.17) is 5.73 Å². The highest BCUT2D eigenvalue weighted by atomic mass is 16.1. The van der Waals surface area contributed by atoms with Crippen molar-refractivity contribution in [3.05, 3.63) is 42.0 Å². The number of aryl methyl sites for hydroxylation is 1. The Morgan fingerprint density at radius 3 is 2.53 bits per heavy atom. The summed E-state index contributed by atoms with van der Waals surface area (Å²) >= 11 is 0. The Balaban J connectivity index is 2.37. The molecule has 2 aromatic rings. The number of fused-ring (bicyclic) bond motifs is 1. The van der Waals surface area contributed by atoms with Gasteiger partial charge in [-0.3, -0.25) is 4.79 Å². The van der Waals surface area contributed by atoms with Crippen LogP contribution >= 0.6 is 0 Å². The van der Waals surface area contributed by atoms with Crippen molar-refractivity contribution in [2.24, 2.45) is 5.73 Å². The number of hydrogen-bond donors (Lipinski definition) is 1. The minimum atomic E-state index is -0.323. The molecule has 0 bridgehead atoms. The monoisotopic (exact) mass is 228 g/mol. The lowest BCUT2D eigenvalue weighted by Crippen LogP contribution is -2.30. The summed E-state index contributed by atoms with van der Waals surface area (Å²) in [6.45, 7) is 2.31. The van der Waals surface area contributed by atoms with E-state index in [1.807, 2.05) is 18.0 Å². The lowest BCUT2D eigenvalue weighted by molar-refractivity contribution is -0.116. The van der Waals surface area contributed by atoms with Crippen molar-refractivity contribution < 1.29 is 4.79 Å². The minimum Gasteiger partial charge on any atom is -0.368 e. The Morgan fingerprint density at radius 2 is 1.82 bits per heavy atom. The van der Waals surface area contributed by atoms with Crippen molar-refractivity contribution in [1.29, 1.82) is 0 Å². The highest BCUT2D eigenvalue weighted by Crippen LogP contribution is 2.22. The molecule has 0 aliphatic heterocycles. The van der Waals surface area contributed by atoms with Gasteiger partial charge in [0.2, 0.25) is 5.91 Å². The zero-order chi connectivity index (χ0) is 12.4. The second kappa shape index (κ2) is 4.45. The lowest BCUT2D eigenvalue weighted by atomic mass is 10.1. The first-order valence-electron chi connectivity index (χ1n) is 5.56. The number of benzene rings is 2. The molecular formula is C14H16N2O. The van der Waals surface area contributed by atoms with Crippen molar-refractivity contribution in [1.82, 2.24) is 0 Å². The van der Waals surface area contributed by atoms with E-state index in [2.05, 4.69) is 37.3 Å². The van der Waals surface area contributed by atoms with Gasteiger partial charge < -0.3 is 10.6 Å². The fourth-order valence-electron chi connectivity index (χ4n) is 1.92. The Labute approximate surface area is 101 Å². The Bertz CT molecular complexity index is 563. The van der Waals surface area contributed by atoms with Crippen LogP contribution in [0.3, 0.4) is 0 Å². The number of amides is 1. The van der Waals surface area contributed by atoms with Gasteiger partial charge >= 0.3 is 0 Å². The zero-order valence-corrected chi connectivity index (χ0v) is 10.1. The molecule has 0 aliphatic rings. The van der Waals surface area contributed by atoms with Crippen molar-refractivity contribution >= 4 is 22.4 Å². The van der Waals surface area contributed by atoms with E-state index in [1.165, 1.54) is 16.3 Å². The van der Waals surface area contributed by atoms with Crippen LogP contribution < -0.4 is 10.6 Å². The molecule has 0 fully saturated rings. The number of likely N-dealkylation sites (N-methyl/N-ethyl adjacent to an activating group) is 1. The summed E-state index contributed by atoms with van der Waals surface area (Å²) in [7, 11) is 1.86. The SMILES string of the molecule is Cc1ccc2cc(N(C)CC(N)=O)ccc2c1. The van der Waals surface area contributed by atoms with E-state index < -0.39 is 0 Å². The third-order valence-corrected chi connectivity index (χ3v) is 2.81. The molecule has 3 nitrogen and oxygen atoms in total. The molecule has 1 amide bonds. The first-order chi connectivity index (χ1) is 8.06. The Kier molecular flexibility index (Phi) is 3.00. The summed E-state index contributed by atoms with van der Waals surface area (Å²) < 4.78 is 0. The van der Waals surface area contributed by atoms with Crippen molar-refractivity contribution in [3.63, 3.8) is 0 Å². The quantitative estimate of drug-likeness (QED) is 0.874. The maximum absolute atomic E-state index is 10.9. The van der Waals surface area contributed by atoms with Gasteiger partial charge in [0.1, 0.15) is 0 Å². The molecule has 0 spiro atoms. The summed E-state index contributed by atoms with van der Waals surface area (Å²) in [4.78, 5) is 12.7. The van der Waals surface area contributed by atoms with Crippen LogP contribution in [-0.2, 0) is 4.79 Å². The van der Waals surface area contributed by atoms with Crippen LogP contribution in [0.4, 0.5) is 5.69 Å². The first kappa shape index (κ1) is 11.5. The molecule has 3 heteroatoms. The maximum Gasteiger partial charge on any atom is 0.236 e. The molecule has 17 heavy (non-hydrogen) atoms. The van der Waals surface area contributed by atoms with E-state index in [9.17, 15) is 4.79 Å². The van der Waals surface area contributed by atoms with Crippen LogP contribution in [0.15, 0.2) is 36.4 Å². The molecule has 0 atom stereocenters. The molecule has 88 valence electrons. The minimum absolute atomic E-state index is 0.234. The second-order valence-corrected chi connectivity index (χ2v) is 4.36. The van der Waals surface area contributed by atoms with Gasteiger partial charge in [-0.2, -0.15) is 0 Å². The molecule has 0 saturated carbocycles. The van der Waals surface area contributed by atoms with Gasteiger partial charge in [-0.25, -0.2) is 0 Å². The molecule has 0 unspecified atom stereocenters. The van der Waals surface area contributed by atoms with Crippen molar-refractivity contribution in [3.8, 4) is 0 Å². The molecule has 2 aromatic carbocycles. The zero-order valence-electron chi connectivity index (χ0n) is 10.1. The van der Waals surface area contributed by atoms with Crippen LogP contribution in [0.25, 0.3) is 10.8 Å². The van der Waals surface area contributed by atoms with Crippen LogP contribution in [0.5, 0.6) is 0 Å². The van der Waals surface area contributed by atoms with Gasteiger partial charge in [-0.15, -0.1) is 0 Å². The fraction of sp³-hybridized carbons (Fsp3) is 0.214. The number of nitrogens with zero attached hydrogens (tertiary/aromatic N) is 1. The predicted molar refractivity (Wildman–Crippen MR) is 71.1 cm³/mol. The van der Waals surface area contributed by atoms with Crippen molar-refractivity contribution in [2.45, 2.75) is 6.92 Å². The highest BCUT2D eigenvalue weighted by molar-refractivity contribution is 5.87. The molecule has 2 N–H and O–H groups in total. The third kappa shape index (κ3) is 2.56. The van der Waals surface area contributed by atoms with E-state index >= 15 is 0 Å². The molecule has 0 radical (unpaired) electrons. The third-order valence-electron chi connectivity index (χ3n) is 2.81. The summed E-state index contributed by atoms with van der Waals surface area (Å²) in [5.74, 6) is -0.323. The topological polar surface area (TPSA) is 46.3 Å². The molecule has 0 heterocycles. The second-order valence-electron chi connectivity index (χ2n) is 4.36. The van der Waals surface area contributed by atoms with E-state index in [-0.39, 0.29) is 12.5 Å². The lowest BCUT2D eigenvalue weighted by Gasteiger charge is -2.17. The number of rotatable bonds is 3. The standard InChI is InChI=1S/C14H16N2O/c1-10-3-4-12-8-13(6-5-11(12)7-10)16(2)9-14(15)17/h3-8H,9H2,1-2H3,(H2,15,17). The molecule has 0 saturated heterocycles. The van der Waals surface area contributed by atoms with Crippen LogP contribution in [0, 0.1) is 6.92 Å². The Morgan fingerprint density at radius 1 is 1.18 bits per heavy atom. The molecule has 0 aliphatic carbocycles. The Hall–Kier alpha value is -2.03. The molecule has 2 rings (SSSR count). The fourth-order valence-corrected chi connectivity index (χ4v) is 1.92. The number of primary amides is 1. The van der Waals surface area contributed by atoms with Crippen LogP contribution in [-0.4, -0.2) is 19.5 Å². The smallest absolute Gasteiger partial charge is 0.236 e. The van der Waals surface area contributed by atoms with E-state index in [0.29, 0.717) is 0 Å². The van der Waals surface area contributed by atoms with Gasteiger partial charge in [0.05, 0.1) is 6.54 Å². The number of carbonyl (C=O) groups excluding carboxylic acids is 1. The van der Waals surface area contributed by atoms with Gasteiger partial charge in [-0.05, 0) is 29.8 Å². The van der Waals surface area contributed by atoms with Gasteiger partial charge in [-0.1, -0.05) is 29.8 Å². The highest BCUT2D eigenvalue weighted by Gasteiger charge is 2.04. The molecular weight excluding hydrogens is 212 g/mol. The number of hydrogen-bond acceptors (Lipinski definition) is 2. The van der Waals surface area contributed by atoms with Gasteiger partial charge in [0.25, 0.3) is 0 Å². The normalized spacial score (nSPS) is 10.5. The number of anilines is 1. The summed E-state index contributed by atoms with van der Waals surface area (Å²) in [6.07, 6.45) is 0. The van der Waals surface area contributed by atoms with Gasteiger partial charge in [0, 0.05) is 12.7 Å². The van der Waals surface area contributed by atoms with Gasteiger partial charge in [0.15, 0.2) is 0 Å². The van der Waals surface area contributed by atoms with E-state index in [0.717, 1.165) is 5.69 Å². The summed E-state index contributed by atoms with van der Waals surface area (Å²) in [5, 5.41) is 2.38. The van der Waals surface area contributed by atoms with Crippen LogP contribution in [0.2, 0.25) is 0 Å². The van der Waals surface area contributed by atoms with Crippen molar-refractivity contribution in [2.75, 3.05) is 18.5 Å². The first-order valence-corrected chi connectivity index (χ1v) is 5.56. The maximum atomic E-state index is 10.9. The summed E-state index contributed by atoms with van der Waals surface area (Å²) in [6, 6.07) is 12.5. The average molecular weight is 228 g/mol.